The van der Waals surface area contributed by atoms with E-state index in [4.69, 9.17) is 38.5 Å². The maximum atomic E-state index is 8.55. The molecule has 0 atom stereocenters. The molecule has 0 amide bonds. The van der Waals surface area contributed by atoms with Gasteiger partial charge >= 0.3 is 36.8 Å². The molecule has 12 heteroatoms. The van der Waals surface area contributed by atoms with Crippen LogP contribution in [0.4, 0.5) is 0 Å². The molecule has 0 unspecified atom stereocenters. The average molecular weight is 318 g/mol. The Bertz CT molecular complexity index is 129. The van der Waals surface area contributed by atoms with E-state index in [2.05, 4.69) is 0 Å². The topological polar surface area (TPSA) is 172 Å². The van der Waals surface area contributed by atoms with E-state index >= 15 is 0 Å². The van der Waals surface area contributed by atoms with Gasteiger partial charge in [0.2, 0.25) is 0 Å². The molecule has 0 aliphatic carbocycles. The van der Waals surface area contributed by atoms with Gasteiger partial charge in [0.1, 0.15) is 0 Å². The molecule has 0 spiro atoms. The predicted octanol–water partition coefficient (Wildman–Crippen LogP) is -6.03. The van der Waals surface area contributed by atoms with Crippen LogP contribution < -0.4 is 29.4 Å². The SMILES string of the molecule is O=P([O-])([O-])[O-].O=P([O-])([O-])[O-].[Al+3].[Ru+3]. The van der Waals surface area contributed by atoms with Gasteiger partial charge in [0, 0.05) is 0 Å². The quantitative estimate of drug-likeness (QED) is 0.313. The number of hydrogen-bond acceptors (Lipinski definition) is 8. The van der Waals surface area contributed by atoms with Crippen LogP contribution in [-0.4, -0.2) is 17.4 Å². The zero-order valence-electron chi connectivity index (χ0n) is 5.09. The molecule has 0 aromatic rings. The van der Waals surface area contributed by atoms with Crippen LogP contribution >= 0.6 is 15.6 Å². The van der Waals surface area contributed by atoms with Gasteiger partial charge in [0.05, 0.1) is 0 Å². The summed E-state index contributed by atoms with van der Waals surface area (Å²) in [5.74, 6) is 0. The molecule has 69 valence electrons. The van der Waals surface area contributed by atoms with Crippen molar-refractivity contribution in [3.8, 4) is 0 Å². The molecule has 0 aromatic heterocycles. The summed E-state index contributed by atoms with van der Waals surface area (Å²) in [6.07, 6.45) is 0. The van der Waals surface area contributed by atoms with E-state index in [9.17, 15) is 0 Å². The Labute approximate surface area is 91.0 Å². The summed E-state index contributed by atoms with van der Waals surface area (Å²) < 4.78 is 17.1. The average Bonchev–Trinajstić information content (AvgIpc) is 1.12. The first-order valence-corrected chi connectivity index (χ1v) is 4.38. The molecule has 0 aromatic carbocycles. The van der Waals surface area contributed by atoms with Crippen LogP contribution in [0, 0.1) is 0 Å². The molecule has 1 radical (unpaired) electrons. The van der Waals surface area contributed by atoms with Gasteiger partial charge < -0.3 is 38.5 Å². The summed E-state index contributed by atoms with van der Waals surface area (Å²) in [4.78, 5) is 51.3. The predicted molar refractivity (Wildman–Crippen MR) is 21.0 cm³/mol. The third kappa shape index (κ3) is 647. The van der Waals surface area contributed by atoms with Crippen molar-refractivity contribution in [2.45, 2.75) is 0 Å². The maximum absolute atomic E-state index is 8.55. The van der Waals surface area contributed by atoms with Crippen molar-refractivity contribution in [2.24, 2.45) is 0 Å². The van der Waals surface area contributed by atoms with Crippen LogP contribution in [-0.2, 0) is 28.6 Å². The summed E-state index contributed by atoms with van der Waals surface area (Å²) in [6.45, 7) is 0. The zero-order chi connectivity index (χ0) is 9.00. The second kappa shape index (κ2) is 8.95. The van der Waals surface area contributed by atoms with E-state index in [-0.39, 0.29) is 36.8 Å². The number of phosphoric acid groups is 2. The summed E-state index contributed by atoms with van der Waals surface area (Å²) in [7, 11) is -10.8. The minimum atomic E-state index is -5.39. The van der Waals surface area contributed by atoms with E-state index in [0.29, 0.717) is 0 Å². The molecule has 0 aliphatic rings. The van der Waals surface area contributed by atoms with Gasteiger partial charge in [-0.2, -0.15) is 15.6 Å². The van der Waals surface area contributed by atoms with Crippen molar-refractivity contribution in [3.63, 3.8) is 0 Å². The molecule has 0 heterocycles. The monoisotopic (exact) mass is 319 g/mol. The van der Waals surface area contributed by atoms with E-state index < -0.39 is 15.6 Å². The Morgan fingerprint density at radius 2 is 0.667 bits per heavy atom. The molecule has 0 saturated carbocycles. The Morgan fingerprint density at radius 1 is 0.667 bits per heavy atom. The molecular weight excluding hydrogens is 318 g/mol. The van der Waals surface area contributed by atoms with E-state index in [1.165, 1.54) is 0 Å². The fraction of sp³-hybridized carbons (Fsp3) is 0. The summed E-state index contributed by atoms with van der Waals surface area (Å²) in [5.41, 5.74) is 0. The first-order chi connectivity index (χ1) is 4.00. The van der Waals surface area contributed by atoms with Gasteiger partial charge in [0.15, 0.2) is 0 Å². The minimum absolute atomic E-state index is 0. The van der Waals surface area contributed by atoms with Crippen LogP contribution in [0.1, 0.15) is 0 Å². The van der Waals surface area contributed by atoms with Crippen LogP contribution in [0.25, 0.3) is 0 Å². The standard InChI is InChI=1S/Al.2H3O4P.Ru/c;2*1-5(2,3)4;/h;2*(H3,1,2,3,4);/q+3;;;+3/p-6. The normalized spacial score (nSPS) is 9.83. The van der Waals surface area contributed by atoms with Gasteiger partial charge in [0.25, 0.3) is 0 Å². The fourth-order valence-corrected chi connectivity index (χ4v) is 0. The van der Waals surface area contributed by atoms with Gasteiger partial charge in [-0.15, -0.1) is 0 Å². The molecule has 12 heavy (non-hydrogen) atoms. The first-order valence-electron chi connectivity index (χ1n) is 1.46. The van der Waals surface area contributed by atoms with Gasteiger partial charge in [-0.05, 0) is 0 Å². The Balaban J connectivity index is -0.0000000457. The van der Waals surface area contributed by atoms with E-state index in [1.807, 2.05) is 0 Å². The third-order valence-electron chi connectivity index (χ3n) is 0. The van der Waals surface area contributed by atoms with Crippen molar-refractivity contribution in [2.75, 3.05) is 0 Å². The molecule has 0 aliphatic heterocycles. The first kappa shape index (κ1) is 23.3. The smallest absolute Gasteiger partial charge is 0.822 e. The molecule has 0 bridgehead atoms. The molecule has 0 rings (SSSR count). The van der Waals surface area contributed by atoms with Crippen LogP contribution in [0.15, 0.2) is 0 Å². The summed E-state index contributed by atoms with van der Waals surface area (Å²) in [5, 5.41) is 0. The van der Waals surface area contributed by atoms with Crippen LogP contribution in [0.5, 0.6) is 0 Å². The summed E-state index contributed by atoms with van der Waals surface area (Å²) in [6, 6.07) is 0. The number of hydrogen-bond donors (Lipinski definition) is 0. The molecular formula is AlO8P2Ru. The number of rotatable bonds is 0. The van der Waals surface area contributed by atoms with Gasteiger partial charge in [-0.3, -0.25) is 0 Å². The van der Waals surface area contributed by atoms with Crippen LogP contribution in [0.2, 0.25) is 0 Å². The second-order valence-electron chi connectivity index (χ2n) is 0.894. The zero-order valence-corrected chi connectivity index (χ0v) is 9.77. The van der Waals surface area contributed by atoms with Crippen molar-refractivity contribution in [1.82, 2.24) is 0 Å². The van der Waals surface area contributed by atoms with E-state index in [0.717, 1.165) is 0 Å². The Kier molecular flexibility index (Phi) is 17.4. The van der Waals surface area contributed by atoms with E-state index in [1.54, 1.807) is 0 Å². The van der Waals surface area contributed by atoms with Crippen molar-refractivity contribution >= 4 is 33.0 Å². The van der Waals surface area contributed by atoms with Crippen molar-refractivity contribution in [1.29, 1.82) is 0 Å². The molecule has 0 saturated heterocycles. The third-order valence-corrected chi connectivity index (χ3v) is 0. The molecule has 0 fully saturated rings. The molecule has 0 N–H and O–H groups in total. The second-order valence-corrected chi connectivity index (χ2v) is 2.68. The summed E-state index contributed by atoms with van der Waals surface area (Å²) >= 11 is 0. The maximum Gasteiger partial charge on any atom is 3.00 e. The van der Waals surface area contributed by atoms with Crippen LogP contribution in [0.3, 0.4) is 0 Å². The Hall–Kier alpha value is 1.38. The Morgan fingerprint density at radius 3 is 0.667 bits per heavy atom. The van der Waals surface area contributed by atoms with Crippen molar-refractivity contribution in [3.05, 3.63) is 0 Å². The molecule has 8 nitrogen and oxygen atoms in total. The largest absolute Gasteiger partial charge is 3.00 e. The van der Waals surface area contributed by atoms with Gasteiger partial charge in [-0.1, -0.05) is 0 Å². The fourth-order valence-electron chi connectivity index (χ4n) is 0. The van der Waals surface area contributed by atoms with Crippen molar-refractivity contribution < 1.29 is 58.0 Å². The van der Waals surface area contributed by atoms with Gasteiger partial charge in [-0.25, -0.2) is 0 Å². The minimum Gasteiger partial charge on any atom is -0.822 e.